The first-order chi connectivity index (χ1) is 16.2. The van der Waals surface area contributed by atoms with Crippen LogP contribution in [0, 0.1) is 13.8 Å². The third-order valence-electron chi connectivity index (χ3n) is 5.27. The van der Waals surface area contributed by atoms with Crippen molar-refractivity contribution in [1.82, 2.24) is 9.55 Å². The monoisotopic (exact) mass is 475 g/mol. The molecule has 0 atom stereocenters. The van der Waals surface area contributed by atoms with Crippen molar-refractivity contribution in [2.45, 2.75) is 40.3 Å². The van der Waals surface area contributed by atoms with Crippen molar-refractivity contribution in [3.63, 3.8) is 0 Å². The van der Waals surface area contributed by atoms with E-state index in [1.165, 1.54) is 22.2 Å². The average Bonchev–Trinajstić information content (AvgIpc) is 3.20. The molecule has 0 spiro atoms. The standard InChI is InChI=1S/C26H25N3O4S/c1-15(2)33-26(32)18-6-5-7-19(11-18)28-22(30)12-29-14-27-24-23(25(29)31)21(13-34-24)20-9-8-16(3)10-17(20)4/h5-11,13-15H,12H2,1-4H3,(H,28,30). The van der Waals surface area contributed by atoms with Crippen LogP contribution in [0.4, 0.5) is 5.69 Å². The second-order valence-electron chi connectivity index (χ2n) is 8.41. The van der Waals surface area contributed by atoms with E-state index < -0.39 is 11.9 Å². The predicted octanol–water partition coefficient (Wildman–Crippen LogP) is 4.95. The average molecular weight is 476 g/mol. The summed E-state index contributed by atoms with van der Waals surface area (Å²) in [4.78, 5) is 43.2. The summed E-state index contributed by atoms with van der Waals surface area (Å²) >= 11 is 1.41. The number of hydrogen-bond acceptors (Lipinski definition) is 6. The number of thiophene rings is 1. The molecular weight excluding hydrogens is 450 g/mol. The third-order valence-corrected chi connectivity index (χ3v) is 6.16. The minimum Gasteiger partial charge on any atom is -0.459 e. The molecule has 1 amide bonds. The molecule has 0 aliphatic rings. The Bertz CT molecular complexity index is 1450. The van der Waals surface area contributed by atoms with Crippen molar-refractivity contribution < 1.29 is 14.3 Å². The summed E-state index contributed by atoms with van der Waals surface area (Å²) in [6.45, 7) is 7.37. The maximum atomic E-state index is 13.3. The number of carbonyl (C=O) groups excluding carboxylic acids is 2. The Balaban J connectivity index is 1.58. The molecule has 1 N–H and O–H groups in total. The van der Waals surface area contributed by atoms with Gasteiger partial charge in [0.05, 0.1) is 23.4 Å². The first-order valence-electron chi connectivity index (χ1n) is 10.9. The number of amides is 1. The first kappa shape index (κ1) is 23.4. The maximum Gasteiger partial charge on any atom is 0.338 e. The van der Waals surface area contributed by atoms with E-state index in [0.717, 1.165) is 22.3 Å². The molecule has 174 valence electrons. The number of carbonyl (C=O) groups is 2. The number of aryl methyl sites for hydroxylation is 2. The topological polar surface area (TPSA) is 90.3 Å². The van der Waals surface area contributed by atoms with Crippen molar-refractivity contribution in [2.75, 3.05) is 5.32 Å². The molecule has 0 fully saturated rings. The van der Waals surface area contributed by atoms with Crippen LogP contribution in [0.5, 0.6) is 0 Å². The lowest BCUT2D eigenvalue weighted by Crippen LogP contribution is -2.27. The number of benzene rings is 2. The van der Waals surface area contributed by atoms with E-state index in [0.29, 0.717) is 21.5 Å². The van der Waals surface area contributed by atoms with Crippen LogP contribution in [0.15, 0.2) is 59.0 Å². The number of fused-ring (bicyclic) bond motifs is 1. The van der Waals surface area contributed by atoms with Crippen molar-refractivity contribution in [1.29, 1.82) is 0 Å². The SMILES string of the molecule is Cc1ccc(-c2csc3ncn(CC(=O)Nc4cccc(C(=O)OC(C)C)c4)c(=O)c23)c(C)c1. The molecular formula is C26H25N3O4S. The van der Waals surface area contributed by atoms with Gasteiger partial charge >= 0.3 is 5.97 Å². The zero-order valence-corrected chi connectivity index (χ0v) is 20.2. The van der Waals surface area contributed by atoms with Gasteiger partial charge in [-0.05, 0) is 57.0 Å². The number of nitrogens with one attached hydrogen (secondary N) is 1. The lowest BCUT2D eigenvalue weighted by atomic mass is 9.99. The molecule has 0 bridgehead atoms. The number of nitrogens with zero attached hydrogens (tertiary/aromatic N) is 2. The molecule has 0 aliphatic carbocycles. The van der Waals surface area contributed by atoms with Crippen LogP contribution in [0.25, 0.3) is 21.3 Å². The third kappa shape index (κ3) is 4.92. The van der Waals surface area contributed by atoms with Gasteiger partial charge in [-0.25, -0.2) is 9.78 Å². The normalized spacial score (nSPS) is 11.1. The van der Waals surface area contributed by atoms with Crippen LogP contribution < -0.4 is 10.9 Å². The van der Waals surface area contributed by atoms with Crippen molar-refractivity contribution >= 4 is 39.1 Å². The molecule has 34 heavy (non-hydrogen) atoms. The molecule has 4 rings (SSSR count). The van der Waals surface area contributed by atoms with E-state index in [1.54, 1.807) is 38.1 Å². The highest BCUT2D eigenvalue weighted by Crippen LogP contribution is 2.33. The number of ether oxygens (including phenoxy) is 1. The summed E-state index contributed by atoms with van der Waals surface area (Å²) < 4.78 is 6.50. The van der Waals surface area contributed by atoms with Crippen LogP contribution in [0.2, 0.25) is 0 Å². The summed E-state index contributed by atoms with van der Waals surface area (Å²) in [5.74, 6) is -0.866. The molecule has 0 saturated carbocycles. The van der Waals surface area contributed by atoms with Crippen molar-refractivity contribution in [2.24, 2.45) is 0 Å². The van der Waals surface area contributed by atoms with Crippen LogP contribution in [0.1, 0.15) is 35.3 Å². The largest absolute Gasteiger partial charge is 0.459 e. The van der Waals surface area contributed by atoms with Gasteiger partial charge in [-0.2, -0.15) is 0 Å². The van der Waals surface area contributed by atoms with Gasteiger partial charge in [-0.1, -0.05) is 29.8 Å². The van der Waals surface area contributed by atoms with E-state index in [1.807, 2.05) is 31.4 Å². The first-order valence-corrected chi connectivity index (χ1v) is 11.8. The van der Waals surface area contributed by atoms with Gasteiger partial charge in [0.15, 0.2) is 0 Å². The fourth-order valence-corrected chi connectivity index (χ4v) is 4.65. The number of hydrogen-bond donors (Lipinski definition) is 1. The fraction of sp³-hybridized carbons (Fsp3) is 0.231. The summed E-state index contributed by atoms with van der Waals surface area (Å²) in [6.07, 6.45) is 1.15. The minimum atomic E-state index is -0.464. The molecule has 0 radical (unpaired) electrons. The van der Waals surface area contributed by atoms with Gasteiger partial charge in [-0.15, -0.1) is 11.3 Å². The second kappa shape index (κ2) is 9.61. The number of anilines is 1. The van der Waals surface area contributed by atoms with Gasteiger partial charge in [0, 0.05) is 16.6 Å². The van der Waals surface area contributed by atoms with Crippen LogP contribution in [-0.4, -0.2) is 27.5 Å². The molecule has 0 saturated heterocycles. The second-order valence-corrected chi connectivity index (χ2v) is 9.27. The Morgan fingerprint density at radius 1 is 1.12 bits per heavy atom. The van der Waals surface area contributed by atoms with E-state index in [2.05, 4.69) is 16.4 Å². The smallest absolute Gasteiger partial charge is 0.338 e. The maximum absolute atomic E-state index is 13.3. The van der Waals surface area contributed by atoms with Gasteiger partial charge in [0.1, 0.15) is 11.4 Å². The summed E-state index contributed by atoms with van der Waals surface area (Å²) in [7, 11) is 0. The molecule has 2 heterocycles. The number of aromatic nitrogens is 2. The van der Waals surface area contributed by atoms with Crippen molar-refractivity contribution in [3.05, 3.63) is 81.2 Å². The Kier molecular flexibility index (Phi) is 6.61. The number of esters is 1. The highest BCUT2D eigenvalue weighted by atomic mass is 32.1. The molecule has 8 heteroatoms. The molecule has 0 aliphatic heterocycles. The molecule has 7 nitrogen and oxygen atoms in total. The quantitative estimate of drug-likeness (QED) is 0.399. The zero-order chi connectivity index (χ0) is 24.4. The van der Waals surface area contributed by atoms with E-state index in [-0.39, 0.29) is 18.2 Å². The molecule has 2 aromatic heterocycles. The Hall–Kier alpha value is -3.78. The molecule has 4 aromatic rings. The van der Waals surface area contributed by atoms with E-state index >= 15 is 0 Å². The fourth-order valence-electron chi connectivity index (χ4n) is 3.76. The lowest BCUT2D eigenvalue weighted by Gasteiger charge is -2.11. The number of rotatable bonds is 6. The highest BCUT2D eigenvalue weighted by Gasteiger charge is 2.16. The Morgan fingerprint density at radius 3 is 2.65 bits per heavy atom. The molecule has 0 unspecified atom stereocenters. The van der Waals surface area contributed by atoms with E-state index in [9.17, 15) is 14.4 Å². The van der Waals surface area contributed by atoms with Crippen LogP contribution in [0.3, 0.4) is 0 Å². The zero-order valence-electron chi connectivity index (χ0n) is 19.4. The minimum absolute atomic E-state index is 0.204. The van der Waals surface area contributed by atoms with Crippen LogP contribution >= 0.6 is 11.3 Å². The van der Waals surface area contributed by atoms with Gasteiger partial charge in [0.2, 0.25) is 5.91 Å². The summed E-state index contributed by atoms with van der Waals surface area (Å²) in [6, 6.07) is 12.6. The van der Waals surface area contributed by atoms with Gasteiger partial charge in [0.25, 0.3) is 5.56 Å². The molecule has 2 aromatic carbocycles. The lowest BCUT2D eigenvalue weighted by molar-refractivity contribution is -0.116. The summed E-state index contributed by atoms with van der Waals surface area (Å²) in [5.41, 5.74) is 4.52. The van der Waals surface area contributed by atoms with Crippen LogP contribution in [-0.2, 0) is 16.1 Å². The van der Waals surface area contributed by atoms with E-state index in [4.69, 9.17) is 4.74 Å². The predicted molar refractivity (Wildman–Crippen MR) is 134 cm³/mol. The Labute approximate surface area is 201 Å². The van der Waals surface area contributed by atoms with Gasteiger partial charge in [-0.3, -0.25) is 14.2 Å². The highest BCUT2D eigenvalue weighted by molar-refractivity contribution is 7.17. The van der Waals surface area contributed by atoms with Gasteiger partial charge < -0.3 is 10.1 Å². The summed E-state index contributed by atoms with van der Waals surface area (Å²) in [5, 5.41) is 5.18. The Morgan fingerprint density at radius 2 is 1.91 bits per heavy atom. The van der Waals surface area contributed by atoms with Crippen molar-refractivity contribution in [3.8, 4) is 11.1 Å².